The highest BCUT2D eigenvalue weighted by Gasteiger charge is 2.18. The first-order valence-corrected chi connectivity index (χ1v) is 6.81. The lowest BCUT2D eigenvalue weighted by molar-refractivity contribution is -0.135. The zero-order chi connectivity index (χ0) is 15.8. The van der Waals surface area contributed by atoms with Gasteiger partial charge in [-0.2, -0.15) is 0 Å². The fourth-order valence-electron chi connectivity index (χ4n) is 1.80. The van der Waals surface area contributed by atoms with Crippen LogP contribution in [0.2, 0.25) is 0 Å². The zero-order valence-corrected chi connectivity index (χ0v) is 13.0. The molecule has 0 fully saturated rings. The van der Waals surface area contributed by atoms with Gasteiger partial charge in [0, 0.05) is 39.9 Å². The zero-order valence-electron chi connectivity index (χ0n) is 13.0. The number of ether oxygens (including phenoxy) is 2. The summed E-state index contributed by atoms with van der Waals surface area (Å²) in [7, 11) is 4.95. The number of carbonyl (C=O) groups is 1. The summed E-state index contributed by atoms with van der Waals surface area (Å²) < 4.78 is 24.0. The molecule has 0 aromatic heterocycles. The molecule has 0 bridgehead atoms. The summed E-state index contributed by atoms with van der Waals surface area (Å²) in [5, 5.41) is 3.13. The van der Waals surface area contributed by atoms with E-state index in [1.165, 1.54) is 17.0 Å². The molecular weight excluding hydrogens is 275 g/mol. The van der Waals surface area contributed by atoms with Crippen molar-refractivity contribution < 1.29 is 18.7 Å². The molecule has 21 heavy (non-hydrogen) atoms. The largest absolute Gasteiger partial charge is 0.481 e. The molecule has 118 valence electrons. The van der Waals surface area contributed by atoms with Crippen molar-refractivity contribution in [3.63, 3.8) is 0 Å². The molecular formula is C15H23FN2O3. The van der Waals surface area contributed by atoms with E-state index >= 15 is 0 Å². The number of nitrogens with one attached hydrogen (secondary N) is 1. The molecule has 0 radical (unpaired) electrons. The van der Waals surface area contributed by atoms with Gasteiger partial charge in [0.15, 0.2) is 6.10 Å². The third kappa shape index (κ3) is 5.69. The predicted octanol–water partition coefficient (Wildman–Crippen LogP) is 1.42. The number of methoxy groups -OCH3 is 1. The van der Waals surface area contributed by atoms with E-state index in [0.717, 1.165) is 0 Å². The van der Waals surface area contributed by atoms with E-state index in [4.69, 9.17) is 9.47 Å². The van der Waals surface area contributed by atoms with Crippen LogP contribution < -0.4 is 10.1 Å². The first-order chi connectivity index (χ1) is 9.95. The van der Waals surface area contributed by atoms with Gasteiger partial charge in [-0.15, -0.1) is 0 Å². The average molecular weight is 298 g/mol. The van der Waals surface area contributed by atoms with Gasteiger partial charge in [0.2, 0.25) is 0 Å². The number of amides is 1. The number of nitrogens with zero attached hydrogens (tertiary/aromatic N) is 1. The Labute approximate surface area is 125 Å². The fourth-order valence-corrected chi connectivity index (χ4v) is 1.80. The molecule has 0 saturated heterocycles. The van der Waals surface area contributed by atoms with Crippen LogP contribution in [0.25, 0.3) is 0 Å². The maximum Gasteiger partial charge on any atom is 0.262 e. The molecule has 1 unspecified atom stereocenters. The van der Waals surface area contributed by atoms with E-state index in [1.807, 2.05) is 0 Å². The number of likely N-dealkylation sites (N-methyl/N-ethyl adjacent to an activating group) is 1. The molecule has 1 N–H and O–H groups in total. The first-order valence-electron chi connectivity index (χ1n) is 6.81. The van der Waals surface area contributed by atoms with E-state index in [2.05, 4.69) is 5.32 Å². The van der Waals surface area contributed by atoms with Crippen LogP contribution in [0.1, 0.15) is 12.5 Å². The summed E-state index contributed by atoms with van der Waals surface area (Å²) in [6.45, 7) is 3.34. The molecule has 5 nitrogen and oxygen atoms in total. The number of hydrogen-bond acceptors (Lipinski definition) is 4. The van der Waals surface area contributed by atoms with Crippen LogP contribution in [0.15, 0.2) is 18.2 Å². The Hall–Kier alpha value is -1.66. The molecule has 1 atom stereocenters. The van der Waals surface area contributed by atoms with Crippen LogP contribution in [-0.2, 0) is 16.1 Å². The van der Waals surface area contributed by atoms with Crippen molar-refractivity contribution in [1.82, 2.24) is 10.2 Å². The number of carbonyl (C=O) groups excluding carboxylic acids is 1. The van der Waals surface area contributed by atoms with Gasteiger partial charge in [-0.1, -0.05) is 0 Å². The van der Waals surface area contributed by atoms with E-state index in [-0.39, 0.29) is 11.7 Å². The maximum absolute atomic E-state index is 13.4. The highest BCUT2D eigenvalue weighted by Crippen LogP contribution is 2.21. The Balaban J connectivity index is 2.74. The molecule has 6 heteroatoms. The van der Waals surface area contributed by atoms with Crippen molar-refractivity contribution in [2.75, 3.05) is 34.4 Å². The average Bonchev–Trinajstić information content (AvgIpc) is 2.45. The van der Waals surface area contributed by atoms with E-state index in [9.17, 15) is 9.18 Å². The lowest BCUT2D eigenvalue weighted by Gasteiger charge is -2.20. The molecule has 0 aliphatic heterocycles. The molecule has 1 amide bonds. The van der Waals surface area contributed by atoms with Crippen molar-refractivity contribution in [3.05, 3.63) is 29.6 Å². The normalized spacial score (nSPS) is 12.0. The predicted molar refractivity (Wildman–Crippen MR) is 78.8 cm³/mol. The van der Waals surface area contributed by atoms with Crippen molar-refractivity contribution >= 4 is 5.91 Å². The summed E-state index contributed by atoms with van der Waals surface area (Å²) in [6, 6.07) is 4.27. The van der Waals surface area contributed by atoms with Gasteiger partial charge in [-0.3, -0.25) is 4.79 Å². The second-order valence-electron chi connectivity index (χ2n) is 4.91. The van der Waals surface area contributed by atoms with Crippen molar-refractivity contribution in [3.8, 4) is 5.75 Å². The molecule has 0 heterocycles. The third-order valence-electron chi connectivity index (χ3n) is 2.91. The quantitative estimate of drug-likeness (QED) is 0.738. The number of halogens is 1. The van der Waals surface area contributed by atoms with Gasteiger partial charge in [-0.05, 0) is 25.1 Å². The van der Waals surface area contributed by atoms with Crippen LogP contribution >= 0.6 is 0 Å². The Morgan fingerprint density at radius 1 is 1.43 bits per heavy atom. The van der Waals surface area contributed by atoms with Gasteiger partial charge in [0.05, 0.1) is 6.61 Å². The van der Waals surface area contributed by atoms with E-state index < -0.39 is 6.10 Å². The van der Waals surface area contributed by atoms with Gasteiger partial charge < -0.3 is 19.7 Å². The third-order valence-corrected chi connectivity index (χ3v) is 2.91. The molecule has 0 aliphatic rings. The minimum Gasteiger partial charge on any atom is -0.481 e. The summed E-state index contributed by atoms with van der Waals surface area (Å²) in [4.78, 5) is 13.3. The van der Waals surface area contributed by atoms with E-state index in [1.54, 1.807) is 34.2 Å². The van der Waals surface area contributed by atoms with Crippen LogP contribution in [0.4, 0.5) is 4.39 Å². The van der Waals surface area contributed by atoms with Crippen molar-refractivity contribution in [2.24, 2.45) is 0 Å². The van der Waals surface area contributed by atoms with Crippen LogP contribution in [0.3, 0.4) is 0 Å². The molecule has 1 rings (SSSR count). The molecule has 0 spiro atoms. The van der Waals surface area contributed by atoms with Crippen LogP contribution in [0, 0.1) is 5.82 Å². The standard InChI is InChI=1S/C15H23FN2O3/c1-11(15(19)18(2)3)21-14-6-5-13(16)9-12(14)10-17-7-8-20-4/h5-6,9,11,17H,7-8,10H2,1-4H3. The summed E-state index contributed by atoms with van der Waals surface area (Å²) in [5.74, 6) is 0.0270. The number of benzene rings is 1. The van der Waals surface area contributed by atoms with Crippen molar-refractivity contribution in [1.29, 1.82) is 0 Å². The fraction of sp³-hybridized carbons (Fsp3) is 0.533. The summed E-state index contributed by atoms with van der Waals surface area (Å²) in [6.07, 6.45) is -0.622. The highest BCUT2D eigenvalue weighted by atomic mass is 19.1. The Morgan fingerprint density at radius 3 is 2.76 bits per heavy atom. The summed E-state index contributed by atoms with van der Waals surface area (Å²) in [5.41, 5.74) is 0.671. The molecule has 0 saturated carbocycles. The lowest BCUT2D eigenvalue weighted by Crippen LogP contribution is -2.35. The Bertz CT molecular complexity index is 466. The molecule has 1 aromatic rings. The Kier molecular flexibility index (Phi) is 7.11. The van der Waals surface area contributed by atoms with E-state index in [0.29, 0.717) is 31.0 Å². The van der Waals surface area contributed by atoms with Gasteiger partial charge in [0.25, 0.3) is 5.91 Å². The second kappa shape index (κ2) is 8.59. The molecule has 1 aromatic carbocycles. The van der Waals surface area contributed by atoms with Gasteiger partial charge >= 0.3 is 0 Å². The first kappa shape index (κ1) is 17.4. The van der Waals surface area contributed by atoms with Crippen molar-refractivity contribution in [2.45, 2.75) is 19.6 Å². The minimum absolute atomic E-state index is 0.141. The minimum atomic E-state index is -0.622. The Morgan fingerprint density at radius 2 is 2.14 bits per heavy atom. The van der Waals surface area contributed by atoms with Gasteiger partial charge in [0.1, 0.15) is 11.6 Å². The number of hydrogen-bond donors (Lipinski definition) is 1. The number of rotatable bonds is 8. The lowest BCUT2D eigenvalue weighted by atomic mass is 10.2. The van der Waals surface area contributed by atoms with Crippen LogP contribution in [0.5, 0.6) is 5.75 Å². The highest BCUT2D eigenvalue weighted by molar-refractivity contribution is 5.80. The second-order valence-corrected chi connectivity index (χ2v) is 4.91. The SMILES string of the molecule is COCCNCc1cc(F)ccc1OC(C)C(=O)N(C)C. The monoisotopic (exact) mass is 298 g/mol. The van der Waals surface area contributed by atoms with Gasteiger partial charge in [-0.25, -0.2) is 4.39 Å². The maximum atomic E-state index is 13.4. The smallest absolute Gasteiger partial charge is 0.262 e. The topological polar surface area (TPSA) is 50.8 Å². The summed E-state index contributed by atoms with van der Waals surface area (Å²) >= 11 is 0. The molecule has 0 aliphatic carbocycles. The van der Waals surface area contributed by atoms with Crippen LogP contribution in [-0.4, -0.2) is 51.3 Å².